The summed E-state index contributed by atoms with van der Waals surface area (Å²) in [5, 5.41) is 18.0. The summed E-state index contributed by atoms with van der Waals surface area (Å²) < 4.78 is 1.02. The van der Waals surface area contributed by atoms with Gasteiger partial charge in [-0.25, -0.2) is 4.68 Å². The molecule has 9 nitrogen and oxygen atoms in total. The lowest BCUT2D eigenvalue weighted by Crippen LogP contribution is -2.44. The molecule has 0 aliphatic heterocycles. The fraction of sp³-hybridized carbons (Fsp3) is 0.500. The monoisotopic (exact) mass is 269 g/mol. The highest BCUT2D eigenvalue weighted by Crippen LogP contribution is 1.96. The Labute approximate surface area is 109 Å². The number of carboxylic acids is 1. The molecule has 0 radical (unpaired) electrons. The number of hydrogen-bond donors (Lipinski definition) is 2. The number of likely N-dealkylation sites (N-methyl/N-ethyl adjacent to an activating group) is 1. The van der Waals surface area contributed by atoms with E-state index in [1.165, 1.54) is 11.1 Å². The van der Waals surface area contributed by atoms with Crippen molar-refractivity contribution in [2.24, 2.45) is 0 Å². The van der Waals surface area contributed by atoms with Crippen molar-refractivity contribution < 1.29 is 19.5 Å². The van der Waals surface area contributed by atoms with Gasteiger partial charge in [0.1, 0.15) is 12.6 Å². The number of carbonyl (C=O) groups excluding carboxylic acids is 2. The molecule has 0 aliphatic carbocycles. The first-order chi connectivity index (χ1) is 8.81. The predicted octanol–water partition coefficient (Wildman–Crippen LogP) is -1.43. The molecule has 0 spiro atoms. The molecule has 9 heteroatoms. The number of carbonyl (C=O) groups is 3. The molecule has 1 aromatic rings. The second kappa shape index (κ2) is 5.94. The molecule has 2 N–H and O–H groups in total. The molecule has 1 unspecified atom stereocenters. The predicted molar refractivity (Wildman–Crippen MR) is 63.3 cm³/mol. The summed E-state index contributed by atoms with van der Waals surface area (Å²) >= 11 is 0. The number of amides is 2. The van der Waals surface area contributed by atoms with Crippen LogP contribution in [0.1, 0.15) is 17.4 Å². The van der Waals surface area contributed by atoms with E-state index in [0.717, 1.165) is 4.68 Å². The van der Waals surface area contributed by atoms with Gasteiger partial charge in [0.15, 0.2) is 5.69 Å². The largest absolute Gasteiger partial charge is 0.480 e. The van der Waals surface area contributed by atoms with Gasteiger partial charge in [-0.15, -0.1) is 5.10 Å². The molecule has 0 aromatic carbocycles. The van der Waals surface area contributed by atoms with Gasteiger partial charge in [0.05, 0.1) is 6.20 Å². The number of hydrogen-bond acceptors (Lipinski definition) is 5. The van der Waals surface area contributed by atoms with E-state index < -0.39 is 17.9 Å². The van der Waals surface area contributed by atoms with Crippen LogP contribution in [-0.2, 0) is 16.1 Å². The van der Waals surface area contributed by atoms with E-state index in [9.17, 15) is 14.4 Å². The van der Waals surface area contributed by atoms with Gasteiger partial charge >= 0.3 is 5.97 Å². The van der Waals surface area contributed by atoms with E-state index in [0.29, 0.717) is 0 Å². The average molecular weight is 269 g/mol. The molecule has 19 heavy (non-hydrogen) atoms. The fourth-order valence-electron chi connectivity index (χ4n) is 1.34. The number of carboxylic acid groups (broad SMARTS) is 1. The first kappa shape index (κ1) is 14.6. The highest BCUT2D eigenvalue weighted by atomic mass is 16.4. The number of nitrogens with zero attached hydrogens (tertiary/aromatic N) is 4. The molecule has 0 aliphatic rings. The van der Waals surface area contributed by atoms with Crippen LogP contribution in [0.3, 0.4) is 0 Å². The Balaban J connectivity index is 2.65. The minimum absolute atomic E-state index is 0.0420. The van der Waals surface area contributed by atoms with Crippen molar-refractivity contribution in [3.05, 3.63) is 11.9 Å². The Morgan fingerprint density at radius 2 is 2.11 bits per heavy atom. The molecule has 0 bridgehead atoms. The molecule has 0 saturated carbocycles. The van der Waals surface area contributed by atoms with Crippen LogP contribution < -0.4 is 5.32 Å². The van der Waals surface area contributed by atoms with Gasteiger partial charge in [-0.1, -0.05) is 5.21 Å². The van der Waals surface area contributed by atoms with E-state index in [1.54, 1.807) is 21.0 Å². The van der Waals surface area contributed by atoms with Gasteiger partial charge in [0.2, 0.25) is 5.91 Å². The minimum Gasteiger partial charge on any atom is -0.480 e. The van der Waals surface area contributed by atoms with Crippen molar-refractivity contribution in [3.63, 3.8) is 0 Å². The van der Waals surface area contributed by atoms with Gasteiger partial charge in [-0.2, -0.15) is 0 Å². The molecule has 1 atom stereocenters. The number of aromatic nitrogens is 3. The Morgan fingerprint density at radius 3 is 2.63 bits per heavy atom. The minimum atomic E-state index is -1.09. The maximum atomic E-state index is 11.7. The second-order valence-electron chi connectivity index (χ2n) is 4.12. The second-order valence-corrected chi connectivity index (χ2v) is 4.12. The zero-order chi connectivity index (χ0) is 14.6. The molecule has 0 fully saturated rings. The topological polar surface area (TPSA) is 117 Å². The zero-order valence-electron chi connectivity index (χ0n) is 10.8. The van der Waals surface area contributed by atoms with Crippen LogP contribution in [0.4, 0.5) is 0 Å². The lowest BCUT2D eigenvalue weighted by molar-refractivity contribution is -0.138. The van der Waals surface area contributed by atoms with E-state index >= 15 is 0 Å². The van der Waals surface area contributed by atoms with Crippen LogP contribution in [0.2, 0.25) is 0 Å². The average Bonchev–Trinajstić information content (AvgIpc) is 2.75. The third-order valence-corrected chi connectivity index (χ3v) is 2.23. The van der Waals surface area contributed by atoms with Crippen molar-refractivity contribution in [2.75, 3.05) is 14.1 Å². The summed E-state index contributed by atoms with van der Waals surface area (Å²) in [5.41, 5.74) is -0.0420. The summed E-state index contributed by atoms with van der Waals surface area (Å²) in [5.74, 6) is -1.93. The highest BCUT2D eigenvalue weighted by molar-refractivity contribution is 5.95. The quantitative estimate of drug-likeness (QED) is 0.676. The summed E-state index contributed by atoms with van der Waals surface area (Å²) in [6, 6.07) is -0.702. The molecular weight excluding hydrogens is 254 g/mol. The maximum Gasteiger partial charge on any atom is 0.325 e. The number of rotatable bonds is 5. The fourth-order valence-corrected chi connectivity index (χ4v) is 1.34. The zero-order valence-corrected chi connectivity index (χ0v) is 10.8. The van der Waals surface area contributed by atoms with Crippen molar-refractivity contribution in [2.45, 2.75) is 19.5 Å². The van der Waals surface area contributed by atoms with Crippen LogP contribution in [0, 0.1) is 0 Å². The van der Waals surface area contributed by atoms with Gasteiger partial charge in [0.25, 0.3) is 5.91 Å². The van der Waals surface area contributed by atoms with Crippen LogP contribution in [-0.4, -0.2) is 62.9 Å². The van der Waals surface area contributed by atoms with Gasteiger partial charge in [0, 0.05) is 14.1 Å². The van der Waals surface area contributed by atoms with Crippen LogP contribution in [0.25, 0.3) is 0 Å². The molecule has 1 aromatic heterocycles. The van der Waals surface area contributed by atoms with Crippen molar-refractivity contribution in [1.29, 1.82) is 0 Å². The Morgan fingerprint density at radius 1 is 1.47 bits per heavy atom. The van der Waals surface area contributed by atoms with Crippen LogP contribution in [0.15, 0.2) is 6.20 Å². The van der Waals surface area contributed by atoms with Crippen molar-refractivity contribution in [3.8, 4) is 0 Å². The van der Waals surface area contributed by atoms with E-state index in [-0.39, 0.29) is 18.1 Å². The van der Waals surface area contributed by atoms with Crippen molar-refractivity contribution in [1.82, 2.24) is 25.2 Å². The van der Waals surface area contributed by atoms with E-state index in [1.807, 2.05) is 0 Å². The number of aliphatic carboxylic acids is 1. The third kappa shape index (κ3) is 4.05. The molecular formula is C10H15N5O4. The molecule has 2 amide bonds. The lowest BCUT2D eigenvalue weighted by atomic mass is 10.3. The summed E-state index contributed by atoms with van der Waals surface area (Å²) in [7, 11) is 3.16. The maximum absolute atomic E-state index is 11.7. The lowest BCUT2D eigenvalue weighted by Gasteiger charge is -2.17. The highest BCUT2D eigenvalue weighted by Gasteiger charge is 2.20. The van der Waals surface area contributed by atoms with Gasteiger partial charge < -0.3 is 15.3 Å². The van der Waals surface area contributed by atoms with Crippen LogP contribution >= 0.6 is 0 Å². The normalized spacial score (nSPS) is 11.7. The number of nitrogens with one attached hydrogen (secondary N) is 1. The first-order valence-corrected chi connectivity index (χ1v) is 5.45. The third-order valence-electron chi connectivity index (χ3n) is 2.23. The Bertz CT molecular complexity index is 496. The summed E-state index contributed by atoms with van der Waals surface area (Å²) in [6.45, 7) is 1.16. The first-order valence-electron chi connectivity index (χ1n) is 5.45. The smallest absolute Gasteiger partial charge is 0.325 e. The van der Waals surface area contributed by atoms with Crippen molar-refractivity contribution >= 4 is 17.8 Å². The van der Waals surface area contributed by atoms with Gasteiger partial charge in [-0.3, -0.25) is 14.4 Å². The molecule has 1 heterocycles. The van der Waals surface area contributed by atoms with Crippen LogP contribution in [0.5, 0.6) is 0 Å². The Kier molecular flexibility index (Phi) is 4.56. The summed E-state index contributed by atoms with van der Waals surface area (Å²) in [6.07, 6.45) is 1.20. The molecule has 1 rings (SSSR count). The summed E-state index contributed by atoms with van der Waals surface area (Å²) in [4.78, 5) is 35.1. The Hall–Kier alpha value is -2.45. The van der Waals surface area contributed by atoms with Gasteiger partial charge in [-0.05, 0) is 6.92 Å². The molecule has 104 valence electrons. The van der Waals surface area contributed by atoms with E-state index in [2.05, 4.69) is 15.6 Å². The molecule has 0 saturated heterocycles. The SMILES string of the molecule is CC(NC(=O)c1cn(CC(=O)O)nn1)C(=O)N(C)C. The standard InChI is InChI=1S/C10H15N5O4/c1-6(10(19)14(2)3)11-9(18)7-4-15(13-12-7)5-8(16)17/h4,6H,5H2,1-3H3,(H,11,18)(H,16,17). The van der Waals surface area contributed by atoms with E-state index in [4.69, 9.17) is 5.11 Å².